The predicted molar refractivity (Wildman–Crippen MR) is 133 cm³/mol. The minimum atomic E-state index is -0.199. The van der Waals surface area contributed by atoms with E-state index in [-0.39, 0.29) is 17.7 Å². The summed E-state index contributed by atoms with van der Waals surface area (Å²) in [6.45, 7) is 7.92. The lowest BCUT2D eigenvalue weighted by molar-refractivity contribution is 0.219. The van der Waals surface area contributed by atoms with Crippen LogP contribution < -0.4 is 19.3 Å². The molecule has 5 rings (SSSR count). The summed E-state index contributed by atoms with van der Waals surface area (Å²) in [4.78, 5) is 17.8. The average molecular weight is 497 g/mol. The molecule has 1 aromatic carbocycles. The van der Waals surface area contributed by atoms with Crippen LogP contribution in [0.4, 0.5) is 16.4 Å². The predicted octanol–water partition coefficient (Wildman–Crippen LogP) is 4.42. The lowest BCUT2D eigenvalue weighted by Crippen LogP contribution is -2.35. The second-order valence-corrected chi connectivity index (χ2v) is 9.87. The maximum absolute atomic E-state index is 14.4. The fourth-order valence-corrected chi connectivity index (χ4v) is 4.80. The summed E-state index contributed by atoms with van der Waals surface area (Å²) in [5.41, 5.74) is 0.683. The van der Waals surface area contributed by atoms with Crippen LogP contribution in [0.3, 0.4) is 0 Å². The van der Waals surface area contributed by atoms with Gasteiger partial charge in [-0.25, -0.2) is 14.4 Å². The summed E-state index contributed by atoms with van der Waals surface area (Å²) in [7, 11) is 1.59. The number of ether oxygens (including phenoxy) is 2. The van der Waals surface area contributed by atoms with Crippen LogP contribution in [0.5, 0.6) is 11.5 Å². The van der Waals surface area contributed by atoms with Gasteiger partial charge in [0.15, 0.2) is 11.6 Å². The molecule has 3 aromatic rings. The van der Waals surface area contributed by atoms with Crippen molar-refractivity contribution in [3.63, 3.8) is 0 Å². The van der Waals surface area contributed by atoms with E-state index in [1.807, 2.05) is 0 Å². The van der Waals surface area contributed by atoms with E-state index in [2.05, 4.69) is 43.8 Å². The quantitative estimate of drug-likeness (QED) is 0.449. The highest BCUT2D eigenvalue weighted by atomic mass is 19.1. The van der Waals surface area contributed by atoms with E-state index in [4.69, 9.17) is 14.0 Å². The van der Waals surface area contributed by atoms with E-state index in [1.165, 1.54) is 6.07 Å². The van der Waals surface area contributed by atoms with Crippen molar-refractivity contribution in [3.05, 3.63) is 47.8 Å². The second-order valence-electron chi connectivity index (χ2n) is 9.87. The zero-order valence-electron chi connectivity index (χ0n) is 21.1. The molecular weight excluding hydrogens is 463 g/mol. The topological polar surface area (TPSA) is 89.6 Å². The molecule has 1 atom stereocenters. The Morgan fingerprint density at radius 1 is 1.06 bits per heavy atom. The zero-order chi connectivity index (χ0) is 25.1. The van der Waals surface area contributed by atoms with Crippen LogP contribution in [0.1, 0.15) is 56.3 Å². The van der Waals surface area contributed by atoms with Gasteiger partial charge in [-0.3, -0.25) is 0 Å². The van der Waals surface area contributed by atoms with Gasteiger partial charge in [-0.1, -0.05) is 19.0 Å². The minimum Gasteiger partial charge on any atom is -0.497 e. The minimum absolute atomic E-state index is 0.0783. The smallest absolute Gasteiger partial charge is 0.324 e. The molecule has 10 heteroatoms. The highest BCUT2D eigenvalue weighted by Crippen LogP contribution is 2.33. The molecule has 2 aliphatic rings. The molecule has 9 nitrogen and oxygen atoms in total. The molecule has 2 aromatic heterocycles. The molecule has 36 heavy (non-hydrogen) atoms. The fourth-order valence-electron chi connectivity index (χ4n) is 4.80. The zero-order valence-corrected chi connectivity index (χ0v) is 21.1. The van der Waals surface area contributed by atoms with Crippen molar-refractivity contribution in [3.8, 4) is 11.5 Å². The molecule has 192 valence electrons. The number of methoxy groups -OCH3 is 1. The summed E-state index contributed by atoms with van der Waals surface area (Å²) < 4.78 is 31.1. The molecule has 2 fully saturated rings. The summed E-state index contributed by atoms with van der Waals surface area (Å²) in [6.07, 6.45) is 6.28. The molecule has 0 aliphatic carbocycles. The fraction of sp³-hybridized carbons (Fsp3) is 0.538. The summed E-state index contributed by atoms with van der Waals surface area (Å²) in [6, 6.07) is 5.51. The van der Waals surface area contributed by atoms with E-state index >= 15 is 0 Å². The molecule has 4 heterocycles. The van der Waals surface area contributed by atoms with Crippen molar-refractivity contribution in [1.29, 1.82) is 0 Å². The Labute approximate surface area is 210 Å². The van der Waals surface area contributed by atoms with Gasteiger partial charge in [-0.05, 0) is 48.9 Å². The number of hydrogen-bond donors (Lipinski definition) is 0. The third kappa shape index (κ3) is 5.37. The number of hydrogen-bond acceptors (Lipinski definition) is 9. The number of aromatic nitrogens is 4. The second kappa shape index (κ2) is 10.7. The summed E-state index contributed by atoms with van der Waals surface area (Å²) in [5.74, 6) is 3.30. The van der Waals surface area contributed by atoms with Crippen molar-refractivity contribution < 1.29 is 18.4 Å². The molecule has 0 spiro atoms. The molecular formula is C26H33FN6O3. The molecule has 0 N–H and O–H groups in total. The molecule has 0 unspecified atom stereocenters. The Kier molecular flexibility index (Phi) is 7.20. The Bertz CT molecular complexity index is 1150. The Morgan fingerprint density at radius 3 is 2.50 bits per heavy atom. The number of nitrogens with zero attached hydrogens (tertiary/aromatic N) is 6. The Hall–Kier alpha value is -3.43. The Morgan fingerprint density at radius 2 is 1.81 bits per heavy atom. The van der Waals surface area contributed by atoms with Gasteiger partial charge in [0.25, 0.3) is 0 Å². The van der Waals surface area contributed by atoms with E-state index in [0.717, 1.165) is 44.7 Å². The highest BCUT2D eigenvalue weighted by molar-refractivity contribution is 5.39. The van der Waals surface area contributed by atoms with Crippen LogP contribution in [0.2, 0.25) is 0 Å². The third-order valence-electron chi connectivity index (χ3n) is 7.05. The molecule has 2 saturated heterocycles. The van der Waals surface area contributed by atoms with Crippen molar-refractivity contribution in [1.82, 2.24) is 20.1 Å². The van der Waals surface area contributed by atoms with Crippen LogP contribution >= 0.6 is 0 Å². The standard InChI is InChI=1S/C26H33FN6O3/c1-17(2)24-30-26(36-31-24)32-9-6-18(7-10-32)16-35-21-13-28-25(29-14-21)33-11-8-19(15-33)22-12-20(34-3)4-5-23(22)27/h4-5,12-14,17-19H,6-11,15-16H2,1-3H3/t19-/m0/s1. The van der Waals surface area contributed by atoms with Gasteiger partial charge in [0, 0.05) is 38.0 Å². The number of piperidine rings is 1. The van der Waals surface area contributed by atoms with Crippen LogP contribution in [0.25, 0.3) is 0 Å². The van der Waals surface area contributed by atoms with Gasteiger partial charge in [-0.15, -0.1) is 0 Å². The summed E-state index contributed by atoms with van der Waals surface area (Å²) >= 11 is 0. The van der Waals surface area contributed by atoms with Gasteiger partial charge < -0.3 is 23.8 Å². The first-order chi connectivity index (χ1) is 17.5. The van der Waals surface area contributed by atoms with E-state index in [1.54, 1.807) is 31.6 Å². The number of benzene rings is 1. The number of halogens is 1. The molecule has 0 amide bonds. The van der Waals surface area contributed by atoms with Crippen LogP contribution in [0.15, 0.2) is 35.1 Å². The molecule has 0 bridgehead atoms. The first kappa shape index (κ1) is 24.3. The number of rotatable bonds is 8. The van der Waals surface area contributed by atoms with E-state index < -0.39 is 0 Å². The first-order valence-electron chi connectivity index (χ1n) is 12.6. The van der Waals surface area contributed by atoms with E-state index in [9.17, 15) is 4.39 Å². The first-order valence-corrected chi connectivity index (χ1v) is 12.6. The maximum atomic E-state index is 14.4. The van der Waals surface area contributed by atoms with Crippen molar-refractivity contribution in [2.24, 2.45) is 5.92 Å². The monoisotopic (exact) mass is 496 g/mol. The molecule has 0 saturated carbocycles. The number of anilines is 2. The van der Waals surface area contributed by atoms with Crippen molar-refractivity contribution >= 4 is 12.0 Å². The van der Waals surface area contributed by atoms with Gasteiger partial charge in [-0.2, -0.15) is 4.98 Å². The lowest BCUT2D eigenvalue weighted by atomic mass is 9.97. The van der Waals surface area contributed by atoms with E-state index in [0.29, 0.717) is 48.1 Å². The Balaban J connectivity index is 1.10. The largest absolute Gasteiger partial charge is 0.497 e. The van der Waals surface area contributed by atoms with Crippen molar-refractivity contribution in [2.45, 2.75) is 44.9 Å². The van der Waals surface area contributed by atoms with Crippen LogP contribution in [-0.4, -0.2) is 60.0 Å². The highest BCUT2D eigenvalue weighted by Gasteiger charge is 2.28. The van der Waals surface area contributed by atoms with Crippen LogP contribution in [-0.2, 0) is 0 Å². The summed E-state index contributed by atoms with van der Waals surface area (Å²) in [5, 5.41) is 4.06. The lowest BCUT2D eigenvalue weighted by Gasteiger charge is -2.30. The maximum Gasteiger partial charge on any atom is 0.324 e. The third-order valence-corrected chi connectivity index (χ3v) is 7.05. The molecule has 2 aliphatic heterocycles. The van der Waals surface area contributed by atoms with Gasteiger partial charge >= 0.3 is 6.01 Å². The van der Waals surface area contributed by atoms with Crippen LogP contribution in [0, 0.1) is 11.7 Å². The van der Waals surface area contributed by atoms with Gasteiger partial charge in [0.2, 0.25) is 5.95 Å². The van der Waals surface area contributed by atoms with Gasteiger partial charge in [0.05, 0.1) is 26.1 Å². The van der Waals surface area contributed by atoms with Gasteiger partial charge in [0.1, 0.15) is 11.6 Å². The molecule has 0 radical (unpaired) electrons. The van der Waals surface area contributed by atoms with Crippen molar-refractivity contribution in [2.75, 3.05) is 49.7 Å². The normalized spacial score (nSPS) is 18.8. The average Bonchev–Trinajstić information content (AvgIpc) is 3.59. The SMILES string of the molecule is COc1ccc(F)c([C@H]2CCN(c3ncc(OCC4CCN(c5nc(C(C)C)no5)CC4)cn3)C2)c1.